The molecule has 0 aliphatic carbocycles. The van der Waals surface area contributed by atoms with Crippen molar-refractivity contribution < 1.29 is 24.2 Å². The maximum atomic E-state index is 12.2. The highest BCUT2D eigenvalue weighted by Gasteiger charge is 2.16. The van der Waals surface area contributed by atoms with Crippen LogP contribution in [0.4, 0.5) is 0 Å². The van der Waals surface area contributed by atoms with Gasteiger partial charge in [0.1, 0.15) is 6.61 Å². The molecule has 0 aromatic rings. The molecule has 5 heteroatoms. The molecule has 1 atom stereocenters. The fourth-order valence-electron chi connectivity index (χ4n) is 6.23. The number of aliphatic hydroxyl groups is 1. The summed E-state index contributed by atoms with van der Waals surface area (Å²) >= 11 is 0. The van der Waals surface area contributed by atoms with Gasteiger partial charge in [-0.2, -0.15) is 0 Å². The average molecular weight is 741 g/mol. The summed E-state index contributed by atoms with van der Waals surface area (Å²) in [6.45, 7) is 4.01. The van der Waals surface area contributed by atoms with Gasteiger partial charge in [-0.1, -0.05) is 203 Å². The van der Waals surface area contributed by atoms with Crippen LogP contribution in [0.3, 0.4) is 0 Å². The summed E-state index contributed by atoms with van der Waals surface area (Å²) in [6.07, 6.45) is 57.3. The molecule has 0 spiro atoms. The Morgan fingerprint density at radius 3 is 1.23 bits per heavy atom. The van der Waals surface area contributed by atoms with Gasteiger partial charge in [-0.25, -0.2) is 0 Å². The predicted molar refractivity (Wildman–Crippen MR) is 228 cm³/mol. The number of hydrogen-bond donors (Lipinski definition) is 1. The van der Waals surface area contributed by atoms with Crippen molar-refractivity contribution in [2.24, 2.45) is 0 Å². The van der Waals surface area contributed by atoms with E-state index < -0.39 is 6.10 Å². The summed E-state index contributed by atoms with van der Waals surface area (Å²) in [4.78, 5) is 24.2. The molecule has 0 fully saturated rings. The second-order valence-electron chi connectivity index (χ2n) is 14.8. The van der Waals surface area contributed by atoms with Gasteiger partial charge in [0.25, 0.3) is 0 Å². The molecule has 0 radical (unpaired) electrons. The van der Waals surface area contributed by atoms with Crippen LogP contribution in [0.15, 0.2) is 60.8 Å². The van der Waals surface area contributed by atoms with Crippen molar-refractivity contribution in [2.45, 2.75) is 219 Å². The first kappa shape index (κ1) is 50.6. The van der Waals surface area contributed by atoms with Crippen molar-refractivity contribution in [3.63, 3.8) is 0 Å². The molecule has 0 aromatic heterocycles. The molecule has 53 heavy (non-hydrogen) atoms. The van der Waals surface area contributed by atoms with Crippen LogP contribution in [0, 0.1) is 0 Å². The zero-order valence-electron chi connectivity index (χ0n) is 34.8. The van der Waals surface area contributed by atoms with E-state index in [1.165, 1.54) is 116 Å². The van der Waals surface area contributed by atoms with Crippen molar-refractivity contribution in [1.82, 2.24) is 0 Å². The highest BCUT2D eigenvalue weighted by atomic mass is 16.6. The zero-order valence-corrected chi connectivity index (χ0v) is 34.8. The van der Waals surface area contributed by atoms with E-state index in [0.717, 1.165) is 70.6 Å². The van der Waals surface area contributed by atoms with Crippen molar-refractivity contribution in [1.29, 1.82) is 0 Å². The standard InChI is InChI=1S/C48H84O5/c1-3-5-7-9-11-13-15-16-17-18-19-20-21-22-23-24-25-26-27-28-29-30-31-32-33-35-37-39-41-43-48(51)53-46(44-49)45-52-47(50)42-40-38-36-34-14-12-10-8-6-4-2/h5,7,11,13,16-17,19-20,22-23,46,49H,3-4,6,8-10,12,14-15,18,21,24-45H2,1-2H3/b7-5-,13-11-,17-16-,20-19-,23-22-. The van der Waals surface area contributed by atoms with E-state index in [9.17, 15) is 14.7 Å². The molecule has 0 heterocycles. The first-order chi connectivity index (χ1) is 26.1. The lowest BCUT2D eigenvalue weighted by Gasteiger charge is -2.15. The second-order valence-corrected chi connectivity index (χ2v) is 14.8. The van der Waals surface area contributed by atoms with Gasteiger partial charge in [-0.3, -0.25) is 9.59 Å². The molecule has 5 nitrogen and oxygen atoms in total. The third-order valence-corrected chi connectivity index (χ3v) is 9.58. The van der Waals surface area contributed by atoms with Gasteiger partial charge in [-0.15, -0.1) is 0 Å². The van der Waals surface area contributed by atoms with Crippen LogP contribution >= 0.6 is 0 Å². The van der Waals surface area contributed by atoms with Crippen LogP contribution in [-0.4, -0.2) is 36.4 Å². The summed E-state index contributed by atoms with van der Waals surface area (Å²) < 4.78 is 10.6. The molecular weight excluding hydrogens is 657 g/mol. The van der Waals surface area contributed by atoms with Crippen LogP contribution in [-0.2, 0) is 19.1 Å². The molecule has 0 aliphatic heterocycles. The largest absolute Gasteiger partial charge is 0.462 e. The number of unbranched alkanes of at least 4 members (excludes halogenated alkanes) is 22. The molecule has 1 N–H and O–H groups in total. The number of aliphatic hydroxyl groups excluding tert-OH is 1. The molecule has 0 saturated heterocycles. The number of hydrogen-bond acceptors (Lipinski definition) is 5. The zero-order chi connectivity index (χ0) is 38.6. The predicted octanol–water partition coefficient (Wildman–Crippen LogP) is 14.3. The van der Waals surface area contributed by atoms with E-state index in [1.54, 1.807) is 0 Å². The number of esters is 2. The Hall–Kier alpha value is -2.40. The number of carbonyl (C=O) groups excluding carboxylic acids is 2. The van der Waals surface area contributed by atoms with Gasteiger partial charge in [0.05, 0.1) is 6.61 Å². The molecular formula is C48H84O5. The summed E-state index contributed by atoms with van der Waals surface area (Å²) in [5.41, 5.74) is 0. The van der Waals surface area contributed by atoms with Gasteiger partial charge in [0.15, 0.2) is 6.10 Å². The number of rotatable bonds is 40. The highest BCUT2D eigenvalue weighted by Crippen LogP contribution is 2.15. The number of ether oxygens (including phenoxy) is 2. The van der Waals surface area contributed by atoms with E-state index in [1.807, 2.05) is 0 Å². The van der Waals surface area contributed by atoms with Gasteiger partial charge in [0, 0.05) is 12.8 Å². The minimum absolute atomic E-state index is 0.0648. The quantitative estimate of drug-likeness (QED) is 0.0385. The molecule has 0 aliphatic rings. The fourth-order valence-corrected chi connectivity index (χ4v) is 6.23. The van der Waals surface area contributed by atoms with Crippen LogP contribution in [0.2, 0.25) is 0 Å². The Morgan fingerprint density at radius 2 is 0.811 bits per heavy atom. The molecule has 0 aromatic carbocycles. The summed E-state index contributed by atoms with van der Waals surface area (Å²) in [7, 11) is 0. The molecule has 0 rings (SSSR count). The third-order valence-electron chi connectivity index (χ3n) is 9.58. The fraction of sp³-hybridized carbons (Fsp3) is 0.750. The lowest BCUT2D eigenvalue weighted by atomic mass is 10.0. The first-order valence-corrected chi connectivity index (χ1v) is 22.3. The van der Waals surface area contributed by atoms with Crippen molar-refractivity contribution in [2.75, 3.05) is 13.2 Å². The first-order valence-electron chi connectivity index (χ1n) is 22.3. The monoisotopic (exact) mass is 741 g/mol. The van der Waals surface area contributed by atoms with E-state index in [-0.39, 0.29) is 25.2 Å². The van der Waals surface area contributed by atoms with E-state index in [0.29, 0.717) is 12.8 Å². The molecule has 1 unspecified atom stereocenters. The second kappa shape index (κ2) is 44.0. The Kier molecular flexibility index (Phi) is 42.0. The number of allylic oxidation sites excluding steroid dienone is 10. The Labute approximate surface area is 328 Å². The molecule has 0 amide bonds. The maximum Gasteiger partial charge on any atom is 0.306 e. The van der Waals surface area contributed by atoms with Crippen molar-refractivity contribution in [3.05, 3.63) is 60.8 Å². The normalized spacial score (nSPS) is 12.7. The van der Waals surface area contributed by atoms with Crippen LogP contribution in [0.25, 0.3) is 0 Å². The SMILES string of the molecule is CC/C=C\C/C=C\C/C=C\C/C=C\C/C=C\CCCCCCCCCCCCCCCC(=O)OC(CO)COC(=O)CCCCCCCCCCCC. The third kappa shape index (κ3) is 42.2. The van der Waals surface area contributed by atoms with Crippen LogP contribution in [0.1, 0.15) is 213 Å². The van der Waals surface area contributed by atoms with Crippen LogP contribution in [0.5, 0.6) is 0 Å². The van der Waals surface area contributed by atoms with E-state index in [2.05, 4.69) is 74.6 Å². The van der Waals surface area contributed by atoms with Gasteiger partial charge < -0.3 is 14.6 Å². The summed E-state index contributed by atoms with van der Waals surface area (Å²) in [6, 6.07) is 0. The van der Waals surface area contributed by atoms with Gasteiger partial charge in [0.2, 0.25) is 0 Å². The lowest BCUT2D eigenvalue weighted by Crippen LogP contribution is -2.28. The maximum absolute atomic E-state index is 12.2. The Bertz CT molecular complexity index is 930. The minimum Gasteiger partial charge on any atom is -0.462 e. The van der Waals surface area contributed by atoms with Gasteiger partial charge >= 0.3 is 11.9 Å². The van der Waals surface area contributed by atoms with E-state index >= 15 is 0 Å². The van der Waals surface area contributed by atoms with Crippen LogP contribution < -0.4 is 0 Å². The summed E-state index contributed by atoms with van der Waals surface area (Å²) in [5.74, 6) is -0.591. The molecule has 306 valence electrons. The highest BCUT2D eigenvalue weighted by molar-refractivity contribution is 5.70. The summed E-state index contributed by atoms with van der Waals surface area (Å²) in [5, 5.41) is 9.56. The smallest absolute Gasteiger partial charge is 0.306 e. The Morgan fingerprint density at radius 1 is 0.453 bits per heavy atom. The number of carbonyl (C=O) groups is 2. The van der Waals surface area contributed by atoms with Crippen molar-refractivity contribution >= 4 is 11.9 Å². The van der Waals surface area contributed by atoms with Crippen molar-refractivity contribution in [3.8, 4) is 0 Å². The topological polar surface area (TPSA) is 72.8 Å². The van der Waals surface area contributed by atoms with Gasteiger partial charge in [-0.05, 0) is 57.8 Å². The van der Waals surface area contributed by atoms with E-state index in [4.69, 9.17) is 9.47 Å². The minimum atomic E-state index is -0.770. The molecule has 0 bridgehead atoms. The average Bonchev–Trinajstić information content (AvgIpc) is 3.16. The Balaban J connectivity index is 3.49. The lowest BCUT2D eigenvalue weighted by molar-refractivity contribution is -0.161. The molecule has 0 saturated carbocycles.